The van der Waals surface area contributed by atoms with E-state index in [1.807, 2.05) is 0 Å². The number of fused-ring (bicyclic) bond motifs is 2. The number of hydrogen-bond donors (Lipinski definition) is 1. The number of nitrogens with one attached hydrogen (secondary N) is 1. The van der Waals surface area contributed by atoms with Gasteiger partial charge in [-0.1, -0.05) is 66.2 Å². The normalized spacial score (nSPS) is 11.4. The first-order valence-corrected chi connectivity index (χ1v) is 11.3. The summed E-state index contributed by atoms with van der Waals surface area (Å²) >= 11 is 1.76. The average molecular weight is 417 g/mol. The minimum atomic E-state index is 1.000. The summed E-state index contributed by atoms with van der Waals surface area (Å²) in [5.41, 5.74) is 9.17. The van der Waals surface area contributed by atoms with E-state index in [1.54, 1.807) is 11.3 Å². The Bertz CT molecular complexity index is 1540. The van der Waals surface area contributed by atoms with Crippen molar-refractivity contribution < 1.29 is 0 Å². The summed E-state index contributed by atoms with van der Waals surface area (Å²) in [4.78, 5) is 9.95. The first-order valence-electron chi connectivity index (χ1n) is 10.4. The van der Waals surface area contributed by atoms with Crippen LogP contribution in [0, 0.1) is 6.92 Å². The molecule has 0 fully saturated rings. The molecule has 3 aromatic carbocycles. The summed E-state index contributed by atoms with van der Waals surface area (Å²) in [6, 6.07) is 32.1. The third kappa shape index (κ3) is 3.06. The molecule has 3 aromatic heterocycles. The van der Waals surface area contributed by atoms with Crippen LogP contribution in [-0.2, 0) is 0 Å². The average Bonchev–Trinajstić information content (AvgIpc) is 3.46. The van der Waals surface area contributed by atoms with Crippen LogP contribution in [-0.4, -0.2) is 9.97 Å². The molecule has 0 atom stereocenters. The third-order valence-corrected chi connectivity index (χ3v) is 6.66. The van der Waals surface area contributed by atoms with Gasteiger partial charge in [-0.15, -0.1) is 11.3 Å². The highest BCUT2D eigenvalue weighted by Crippen LogP contribution is 2.43. The molecule has 0 unspecified atom stereocenters. The predicted molar refractivity (Wildman–Crippen MR) is 133 cm³/mol. The number of H-pyrrole nitrogens is 1. The smallest absolute Gasteiger partial charge is 0.0716 e. The number of aryl methyl sites for hydroxylation is 1. The number of aromatic nitrogens is 2. The van der Waals surface area contributed by atoms with Gasteiger partial charge in [-0.3, -0.25) is 0 Å². The minimum absolute atomic E-state index is 1.000. The Morgan fingerprint density at radius 1 is 0.774 bits per heavy atom. The molecule has 0 aliphatic heterocycles. The maximum atomic E-state index is 5.02. The summed E-state index contributed by atoms with van der Waals surface area (Å²) in [7, 11) is 0. The highest BCUT2D eigenvalue weighted by Gasteiger charge is 2.19. The first kappa shape index (κ1) is 18.1. The molecule has 0 saturated heterocycles. The SMILES string of the molecule is Cc1cccc(-c2cc(-c3c(-c4cccs4)[nH]c4ccccc34)c3ccccc3n2)c1. The molecule has 0 amide bonds. The van der Waals surface area contributed by atoms with Crippen LogP contribution in [0.15, 0.2) is 96.4 Å². The molecule has 0 aliphatic carbocycles. The van der Waals surface area contributed by atoms with Crippen LogP contribution in [0.3, 0.4) is 0 Å². The van der Waals surface area contributed by atoms with Crippen molar-refractivity contribution in [1.29, 1.82) is 0 Å². The van der Waals surface area contributed by atoms with Crippen LogP contribution in [0.25, 0.3) is 54.8 Å². The molecule has 3 heterocycles. The van der Waals surface area contributed by atoms with Crippen LogP contribution < -0.4 is 0 Å². The van der Waals surface area contributed by atoms with E-state index >= 15 is 0 Å². The second-order valence-electron chi connectivity index (χ2n) is 7.84. The molecule has 148 valence electrons. The van der Waals surface area contributed by atoms with Gasteiger partial charge >= 0.3 is 0 Å². The van der Waals surface area contributed by atoms with Gasteiger partial charge in [0, 0.05) is 27.4 Å². The van der Waals surface area contributed by atoms with Gasteiger partial charge < -0.3 is 4.98 Å². The number of para-hydroxylation sites is 2. The molecule has 0 saturated carbocycles. The number of nitrogens with zero attached hydrogens (tertiary/aromatic N) is 1. The van der Waals surface area contributed by atoms with E-state index in [4.69, 9.17) is 4.98 Å². The van der Waals surface area contributed by atoms with E-state index in [-0.39, 0.29) is 0 Å². The highest BCUT2D eigenvalue weighted by molar-refractivity contribution is 7.13. The topological polar surface area (TPSA) is 28.7 Å². The van der Waals surface area contributed by atoms with Crippen molar-refractivity contribution in [2.24, 2.45) is 0 Å². The summed E-state index contributed by atoms with van der Waals surface area (Å²) in [6.45, 7) is 2.13. The summed E-state index contributed by atoms with van der Waals surface area (Å²) in [5, 5.41) is 4.53. The fraction of sp³-hybridized carbons (Fsp3) is 0.0357. The van der Waals surface area contributed by atoms with Gasteiger partial charge in [0.05, 0.1) is 21.8 Å². The third-order valence-electron chi connectivity index (χ3n) is 5.77. The standard InChI is InChI=1S/C28H20N2S/c1-18-8-6-9-19(16-18)25-17-22(20-10-2-4-12-23(20)29-25)27-21-11-3-5-13-24(21)30-28(27)26-14-7-15-31-26/h2-17,30H,1H3. The molecule has 0 bridgehead atoms. The van der Waals surface area contributed by atoms with E-state index in [2.05, 4.69) is 108 Å². The maximum absolute atomic E-state index is 5.02. The Hall–Kier alpha value is -3.69. The van der Waals surface area contributed by atoms with E-state index in [1.165, 1.54) is 38.0 Å². The fourth-order valence-electron chi connectivity index (χ4n) is 4.36. The molecular formula is C28H20N2S. The molecule has 1 N–H and O–H groups in total. The zero-order valence-electron chi connectivity index (χ0n) is 17.1. The number of hydrogen-bond acceptors (Lipinski definition) is 2. The quantitative estimate of drug-likeness (QED) is 0.310. The van der Waals surface area contributed by atoms with Gasteiger partial charge in [0.1, 0.15) is 0 Å². The van der Waals surface area contributed by atoms with Gasteiger partial charge in [-0.05, 0) is 48.2 Å². The summed E-state index contributed by atoms with van der Waals surface area (Å²) in [5.74, 6) is 0. The van der Waals surface area contributed by atoms with Crippen LogP contribution >= 0.6 is 11.3 Å². The number of rotatable bonds is 3. The van der Waals surface area contributed by atoms with Gasteiger partial charge in [-0.2, -0.15) is 0 Å². The lowest BCUT2D eigenvalue weighted by Gasteiger charge is -2.12. The Morgan fingerprint density at radius 3 is 2.45 bits per heavy atom. The van der Waals surface area contributed by atoms with E-state index in [9.17, 15) is 0 Å². The van der Waals surface area contributed by atoms with Crippen molar-refractivity contribution in [2.45, 2.75) is 6.92 Å². The second kappa shape index (κ2) is 7.22. The molecular weight excluding hydrogens is 396 g/mol. The van der Waals surface area contributed by atoms with Crippen LogP contribution in [0.2, 0.25) is 0 Å². The molecule has 6 rings (SSSR count). The van der Waals surface area contributed by atoms with Crippen LogP contribution in [0.4, 0.5) is 0 Å². The lowest BCUT2D eigenvalue weighted by atomic mass is 9.95. The number of thiophene rings is 1. The van der Waals surface area contributed by atoms with E-state index < -0.39 is 0 Å². The molecule has 3 heteroatoms. The van der Waals surface area contributed by atoms with Crippen molar-refractivity contribution in [3.63, 3.8) is 0 Å². The largest absolute Gasteiger partial charge is 0.353 e. The van der Waals surface area contributed by atoms with Gasteiger partial charge in [0.25, 0.3) is 0 Å². The summed E-state index contributed by atoms with van der Waals surface area (Å²) in [6.07, 6.45) is 0. The van der Waals surface area contributed by atoms with Crippen LogP contribution in [0.5, 0.6) is 0 Å². The molecule has 31 heavy (non-hydrogen) atoms. The van der Waals surface area contributed by atoms with Gasteiger partial charge in [0.2, 0.25) is 0 Å². The van der Waals surface area contributed by atoms with E-state index in [0.29, 0.717) is 0 Å². The molecule has 0 spiro atoms. The van der Waals surface area contributed by atoms with Crippen LogP contribution in [0.1, 0.15) is 5.56 Å². The molecule has 0 radical (unpaired) electrons. The minimum Gasteiger partial charge on any atom is -0.353 e. The fourth-order valence-corrected chi connectivity index (χ4v) is 5.09. The Labute approximate surface area is 184 Å². The summed E-state index contributed by atoms with van der Waals surface area (Å²) < 4.78 is 0. The number of benzene rings is 3. The molecule has 0 aliphatic rings. The lowest BCUT2D eigenvalue weighted by Crippen LogP contribution is -1.91. The molecule has 2 nitrogen and oxygen atoms in total. The Balaban J connectivity index is 1.73. The zero-order valence-corrected chi connectivity index (χ0v) is 17.9. The van der Waals surface area contributed by atoms with Gasteiger partial charge in [-0.25, -0.2) is 4.98 Å². The lowest BCUT2D eigenvalue weighted by molar-refractivity contribution is 1.38. The number of pyridine rings is 1. The zero-order chi connectivity index (χ0) is 20.8. The first-order chi connectivity index (χ1) is 15.3. The van der Waals surface area contributed by atoms with Crippen molar-refractivity contribution >= 4 is 33.1 Å². The molecule has 6 aromatic rings. The monoisotopic (exact) mass is 416 g/mol. The maximum Gasteiger partial charge on any atom is 0.0716 e. The van der Waals surface area contributed by atoms with Gasteiger partial charge in [0.15, 0.2) is 0 Å². The van der Waals surface area contributed by atoms with Crippen molar-refractivity contribution in [2.75, 3.05) is 0 Å². The highest BCUT2D eigenvalue weighted by atomic mass is 32.1. The van der Waals surface area contributed by atoms with Crippen molar-refractivity contribution in [3.05, 3.63) is 102 Å². The Morgan fingerprint density at radius 2 is 1.61 bits per heavy atom. The predicted octanol–water partition coefficient (Wildman–Crippen LogP) is 8.09. The Kier molecular flexibility index (Phi) is 4.22. The second-order valence-corrected chi connectivity index (χ2v) is 8.79. The van der Waals surface area contributed by atoms with Crippen molar-refractivity contribution in [3.8, 4) is 33.0 Å². The number of aromatic amines is 1. The van der Waals surface area contributed by atoms with Crippen molar-refractivity contribution in [1.82, 2.24) is 9.97 Å². The van der Waals surface area contributed by atoms with E-state index in [0.717, 1.165) is 22.3 Å².